The third kappa shape index (κ3) is 19.4. The first-order valence-corrected chi connectivity index (χ1v) is 19.6. The van der Waals surface area contributed by atoms with E-state index in [-0.39, 0.29) is 148 Å². The van der Waals surface area contributed by atoms with Gasteiger partial charge in [0.1, 0.15) is 67.0 Å². The van der Waals surface area contributed by atoms with Crippen LogP contribution in [-0.4, -0.2) is 198 Å². The Kier molecular flexibility index (Phi) is 31.0. The Hall–Kier alpha value is 3.51. The molecular weight excluding hydrogens is 943 g/mol. The maximum atomic E-state index is 12.3. The van der Waals surface area contributed by atoms with Crippen LogP contribution in [0.1, 0.15) is 0 Å². The number of aliphatic hydroxyl groups excluding tert-OH is 4. The quantitative estimate of drug-likeness (QED) is 0.0448. The van der Waals surface area contributed by atoms with Crippen LogP contribution in [0, 0.1) is 0 Å². The van der Waals surface area contributed by atoms with Gasteiger partial charge in [0.2, 0.25) is 20.8 Å². The average molecular weight is 975 g/mol. The average Bonchev–Trinajstić information content (AvgIpc) is 3.00. The standard InChI is InChI=1S/C20H36N2O27S4.5Na/c1-41-12-6(4-43-52(35,36)37)45-19(8(9(12)24)22-51(32,33)34)47-14-11(26)15(49-53(38,39)40)20(48-16(14)17(27)28)46-13-5(3-23)44-18(42-2)7(10(13)25)21-50(29,30)31;;;;;/h5-16,18-26H,3-4H2,1-2H3,(H,27,28)(H,29,30,31)(H,32,33,34)(H,35,36,37)(H,38,39,40);;;;;/q;5*+1/p-5. The van der Waals surface area contributed by atoms with Gasteiger partial charge in [-0.2, -0.15) is 0 Å². The van der Waals surface area contributed by atoms with Gasteiger partial charge in [0.05, 0.1) is 19.2 Å². The molecule has 0 saturated carbocycles. The van der Waals surface area contributed by atoms with Gasteiger partial charge in [0, 0.05) is 14.2 Å². The summed E-state index contributed by atoms with van der Waals surface area (Å²) in [5, 5.41) is 55.0. The van der Waals surface area contributed by atoms with Gasteiger partial charge >= 0.3 is 148 Å². The van der Waals surface area contributed by atoms with Crippen molar-refractivity contribution in [1.29, 1.82) is 0 Å². The minimum absolute atomic E-state index is 0. The van der Waals surface area contributed by atoms with E-state index in [9.17, 15) is 82.2 Å². The number of rotatable bonds is 17. The van der Waals surface area contributed by atoms with E-state index in [4.69, 9.17) is 33.2 Å². The Morgan fingerprint density at radius 1 is 0.621 bits per heavy atom. The minimum atomic E-state index is -6.00. The van der Waals surface area contributed by atoms with E-state index >= 15 is 0 Å². The fraction of sp³-hybridized carbons (Fsp3) is 0.950. The summed E-state index contributed by atoms with van der Waals surface area (Å²) in [6.07, 6.45) is -30.7. The molecule has 58 heavy (non-hydrogen) atoms. The van der Waals surface area contributed by atoms with E-state index in [2.05, 4.69) is 8.37 Å². The monoisotopic (exact) mass is 974 g/mol. The fourth-order valence-electron chi connectivity index (χ4n) is 5.46. The van der Waals surface area contributed by atoms with Crippen molar-refractivity contribution in [1.82, 2.24) is 9.44 Å². The Morgan fingerprint density at radius 3 is 1.50 bits per heavy atom. The summed E-state index contributed by atoms with van der Waals surface area (Å²) in [7, 11) is -20.8. The van der Waals surface area contributed by atoms with Crippen LogP contribution in [-0.2, 0) is 87.7 Å². The maximum absolute atomic E-state index is 12.3. The van der Waals surface area contributed by atoms with E-state index in [1.165, 1.54) is 9.44 Å². The number of hydrogen-bond donors (Lipinski definition) is 6. The normalized spacial score (nSPS) is 35.7. The molecule has 3 fully saturated rings. The SMILES string of the molecule is COC1OC(CO)C(OC2OC(C(=O)[O-])C(OC3OC(COS(=O)(=O)[O-])C(OC)C(O)C3NS(=O)(=O)[O-])C(O)C2OS(=O)(=O)[O-])C(O)C1NS(=O)(=O)[O-].[Na+].[Na+].[Na+].[Na+].[Na+]. The van der Waals surface area contributed by atoms with Crippen LogP contribution >= 0.6 is 0 Å². The molecular formula is C20H31N2Na5O27S4. The van der Waals surface area contributed by atoms with Crippen molar-refractivity contribution in [3.8, 4) is 0 Å². The molecule has 15 atom stereocenters. The van der Waals surface area contributed by atoms with Crippen LogP contribution in [0.4, 0.5) is 0 Å². The van der Waals surface area contributed by atoms with Gasteiger partial charge < -0.3 is 81.7 Å². The molecule has 0 aromatic heterocycles. The Balaban J connectivity index is -0.00000605. The van der Waals surface area contributed by atoms with Crippen LogP contribution in [0.15, 0.2) is 0 Å². The molecule has 3 aliphatic heterocycles. The number of methoxy groups -OCH3 is 2. The van der Waals surface area contributed by atoms with Crippen molar-refractivity contribution >= 4 is 47.4 Å². The van der Waals surface area contributed by atoms with Gasteiger partial charge in [-0.15, -0.1) is 0 Å². The third-order valence-corrected chi connectivity index (χ3v) is 9.54. The first-order valence-electron chi connectivity index (χ1n) is 14.1. The van der Waals surface area contributed by atoms with Crippen molar-refractivity contribution in [3.05, 3.63) is 0 Å². The first-order chi connectivity index (χ1) is 24.2. The Bertz CT molecular complexity index is 1720. The molecule has 0 aromatic carbocycles. The van der Waals surface area contributed by atoms with Gasteiger partial charge in [-0.1, -0.05) is 0 Å². The van der Waals surface area contributed by atoms with Crippen molar-refractivity contribution in [2.24, 2.45) is 0 Å². The maximum Gasteiger partial charge on any atom is 1.00 e. The molecule has 0 aliphatic carbocycles. The number of hydrogen-bond acceptors (Lipinski definition) is 27. The predicted octanol–water partition coefficient (Wildman–Crippen LogP) is -25.4. The molecule has 0 bridgehead atoms. The Labute approximate surface area is 441 Å². The van der Waals surface area contributed by atoms with Crippen molar-refractivity contribution in [3.63, 3.8) is 0 Å². The first kappa shape index (κ1) is 65.8. The summed E-state index contributed by atoms with van der Waals surface area (Å²) >= 11 is 0. The zero-order valence-electron chi connectivity index (χ0n) is 31.4. The van der Waals surface area contributed by atoms with Crippen LogP contribution < -0.4 is 162 Å². The molecule has 0 amide bonds. The molecule has 3 saturated heterocycles. The molecule has 38 heteroatoms. The third-order valence-electron chi connectivity index (χ3n) is 7.53. The molecule has 312 valence electrons. The molecule has 15 unspecified atom stereocenters. The van der Waals surface area contributed by atoms with Gasteiger partial charge in [-0.25, -0.2) is 43.1 Å². The number of carbonyl (C=O) groups is 1. The summed E-state index contributed by atoms with van der Waals surface area (Å²) in [6, 6.07) is -4.44. The second kappa shape index (κ2) is 27.4. The molecule has 0 radical (unpaired) electrons. The summed E-state index contributed by atoms with van der Waals surface area (Å²) in [5.74, 6) is -2.40. The molecule has 0 spiro atoms. The zero-order valence-corrected chi connectivity index (χ0v) is 44.7. The number of aliphatic carboxylic acids is 1. The van der Waals surface area contributed by atoms with E-state index in [1.807, 2.05) is 0 Å². The molecule has 3 aliphatic rings. The fourth-order valence-corrected chi connectivity index (χ4v) is 7.40. The van der Waals surface area contributed by atoms with Crippen LogP contribution in [0.25, 0.3) is 0 Å². The van der Waals surface area contributed by atoms with Crippen molar-refractivity contribution in [2.45, 2.75) is 92.0 Å². The van der Waals surface area contributed by atoms with Crippen molar-refractivity contribution < 1.29 is 272 Å². The molecule has 6 N–H and O–H groups in total. The van der Waals surface area contributed by atoms with Gasteiger partial charge in [-0.3, -0.25) is 8.37 Å². The largest absolute Gasteiger partial charge is 1.00 e. The van der Waals surface area contributed by atoms with Gasteiger partial charge in [-0.05, 0) is 0 Å². The van der Waals surface area contributed by atoms with Gasteiger partial charge in [0.15, 0.2) is 45.6 Å². The van der Waals surface area contributed by atoms with E-state index in [1.54, 1.807) is 0 Å². The second-order valence-electron chi connectivity index (χ2n) is 11.0. The second-order valence-corrected chi connectivity index (χ2v) is 15.3. The molecule has 0 aromatic rings. The number of carboxylic acids is 1. The topological polar surface area (TPSA) is 457 Å². The number of carbonyl (C=O) groups excluding carboxylic acids is 1. The van der Waals surface area contributed by atoms with E-state index in [0.717, 1.165) is 14.2 Å². The summed E-state index contributed by atoms with van der Waals surface area (Å²) in [5.41, 5.74) is 0. The summed E-state index contributed by atoms with van der Waals surface area (Å²) in [4.78, 5) is 12.3. The van der Waals surface area contributed by atoms with Crippen LogP contribution in [0.2, 0.25) is 0 Å². The predicted molar refractivity (Wildman–Crippen MR) is 147 cm³/mol. The van der Waals surface area contributed by atoms with Crippen molar-refractivity contribution in [2.75, 3.05) is 27.4 Å². The molecule has 29 nitrogen and oxygen atoms in total. The number of carboxylic acid groups (broad SMARTS) is 1. The Morgan fingerprint density at radius 2 is 1.09 bits per heavy atom. The van der Waals surface area contributed by atoms with Crippen LogP contribution in [0.3, 0.4) is 0 Å². The van der Waals surface area contributed by atoms with Gasteiger partial charge in [0.25, 0.3) is 0 Å². The van der Waals surface area contributed by atoms with E-state index in [0.29, 0.717) is 0 Å². The van der Waals surface area contributed by atoms with Crippen LogP contribution in [0.5, 0.6) is 0 Å². The van der Waals surface area contributed by atoms with E-state index < -0.39 is 153 Å². The number of aliphatic hydroxyl groups is 4. The number of ether oxygens (including phenoxy) is 7. The smallest absolute Gasteiger partial charge is 0.735 e. The molecule has 3 rings (SSSR count). The summed E-state index contributed by atoms with van der Waals surface area (Å²) in [6.45, 7) is -2.46. The molecule has 3 heterocycles. The summed E-state index contributed by atoms with van der Waals surface area (Å²) < 4.78 is 184. The zero-order chi connectivity index (χ0) is 40.4. The number of nitrogens with one attached hydrogen (secondary N) is 2. The minimum Gasteiger partial charge on any atom is -0.735 e.